The van der Waals surface area contributed by atoms with Crippen LogP contribution in [0.2, 0.25) is 0 Å². The first-order valence-electron chi connectivity index (χ1n) is 10.4. The van der Waals surface area contributed by atoms with E-state index in [1.165, 1.54) is 0 Å². The molecule has 6 heteroatoms. The molecule has 2 fully saturated rings. The third kappa shape index (κ3) is 3.64. The van der Waals surface area contributed by atoms with Gasteiger partial charge in [0.25, 0.3) is 0 Å². The zero-order valence-electron chi connectivity index (χ0n) is 16.9. The third-order valence-electron chi connectivity index (χ3n) is 6.15. The first-order valence-corrected chi connectivity index (χ1v) is 10.4. The van der Waals surface area contributed by atoms with Crippen LogP contribution in [0.15, 0.2) is 40.4 Å². The molecule has 1 aliphatic carbocycles. The molecule has 1 spiro atoms. The van der Waals surface area contributed by atoms with Crippen LogP contribution in [0.4, 0.5) is 0 Å². The second-order valence-corrected chi connectivity index (χ2v) is 8.23. The number of aliphatic imine (C=N–C) groups is 1. The lowest BCUT2D eigenvalue weighted by molar-refractivity contribution is -0.238. The van der Waals surface area contributed by atoms with Crippen LogP contribution in [0.3, 0.4) is 0 Å². The summed E-state index contributed by atoms with van der Waals surface area (Å²) in [6, 6.07) is 0. The summed E-state index contributed by atoms with van der Waals surface area (Å²) >= 11 is 0. The summed E-state index contributed by atoms with van der Waals surface area (Å²) in [5.41, 5.74) is 2.84. The van der Waals surface area contributed by atoms with Gasteiger partial charge in [-0.1, -0.05) is 30.7 Å². The fraction of sp³-hybridized carbons (Fsp3) is 0.682. The van der Waals surface area contributed by atoms with Crippen molar-refractivity contribution in [3.63, 3.8) is 0 Å². The van der Waals surface area contributed by atoms with Crippen molar-refractivity contribution in [2.45, 2.75) is 88.9 Å². The molecule has 2 N–H and O–H groups in total. The Morgan fingerprint density at radius 1 is 1.39 bits per heavy atom. The molecule has 0 amide bonds. The van der Waals surface area contributed by atoms with Gasteiger partial charge < -0.3 is 24.4 Å². The fourth-order valence-corrected chi connectivity index (χ4v) is 4.36. The van der Waals surface area contributed by atoms with Crippen LogP contribution in [0.1, 0.15) is 46.5 Å². The molecule has 3 aliphatic heterocycles. The van der Waals surface area contributed by atoms with Crippen molar-refractivity contribution in [1.82, 2.24) is 0 Å². The summed E-state index contributed by atoms with van der Waals surface area (Å²) in [6.07, 6.45) is 9.04. The molecule has 4 aliphatic rings. The highest BCUT2D eigenvalue weighted by Crippen LogP contribution is 2.52. The number of epoxide rings is 1. The summed E-state index contributed by atoms with van der Waals surface area (Å²) in [4.78, 5) is 4.60. The number of rotatable bonds is 6. The number of nitrogens with zero attached hydrogens (tertiary/aromatic N) is 1. The van der Waals surface area contributed by atoms with Gasteiger partial charge in [-0.25, -0.2) is 0 Å². The lowest BCUT2D eigenvalue weighted by Gasteiger charge is -2.34. The number of hydrogen-bond donors (Lipinski definition) is 2. The molecule has 4 rings (SSSR count). The molecular weight excluding hydrogens is 358 g/mol. The molecule has 0 aromatic rings. The third-order valence-corrected chi connectivity index (χ3v) is 6.15. The molecule has 6 nitrogen and oxygen atoms in total. The van der Waals surface area contributed by atoms with Gasteiger partial charge in [-0.15, -0.1) is 0 Å². The SMILES string of the molecule is CC[C@H](O)[C@H](/C=C(C)\C=C1/C=CC2=NCC[C@@H]3O[C@@]213)O[C@@H]1CC[C@H](O)[C@H](C)O1. The van der Waals surface area contributed by atoms with Gasteiger partial charge >= 0.3 is 0 Å². The van der Waals surface area contributed by atoms with Crippen LogP contribution in [0.5, 0.6) is 0 Å². The van der Waals surface area contributed by atoms with E-state index in [4.69, 9.17) is 14.2 Å². The molecule has 0 aromatic heterocycles. The van der Waals surface area contributed by atoms with E-state index < -0.39 is 24.6 Å². The second-order valence-electron chi connectivity index (χ2n) is 8.23. The van der Waals surface area contributed by atoms with Gasteiger partial charge in [-0.3, -0.25) is 4.99 Å². The van der Waals surface area contributed by atoms with Gasteiger partial charge in [-0.2, -0.15) is 0 Å². The zero-order chi connectivity index (χ0) is 19.9. The van der Waals surface area contributed by atoms with Crippen molar-refractivity contribution in [2.24, 2.45) is 4.99 Å². The minimum atomic E-state index is -0.617. The van der Waals surface area contributed by atoms with E-state index >= 15 is 0 Å². The molecule has 0 saturated carbocycles. The molecule has 0 radical (unpaired) electrons. The smallest absolute Gasteiger partial charge is 0.161 e. The molecule has 0 unspecified atom stereocenters. The Bertz CT molecular complexity index is 726. The molecule has 28 heavy (non-hydrogen) atoms. The number of ether oxygens (including phenoxy) is 3. The fourth-order valence-electron chi connectivity index (χ4n) is 4.36. The maximum Gasteiger partial charge on any atom is 0.161 e. The van der Waals surface area contributed by atoms with Crippen LogP contribution >= 0.6 is 0 Å². The second kappa shape index (κ2) is 7.84. The van der Waals surface area contributed by atoms with Gasteiger partial charge in [0.05, 0.1) is 24.0 Å². The zero-order valence-corrected chi connectivity index (χ0v) is 16.9. The van der Waals surface area contributed by atoms with Crippen LogP contribution in [-0.2, 0) is 14.2 Å². The maximum absolute atomic E-state index is 10.5. The molecular formula is C22H31NO5. The monoisotopic (exact) mass is 389 g/mol. The predicted molar refractivity (Wildman–Crippen MR) is 106 cm³/mol. The minimum absolute atomic E-state index is 0.242. The molecule has 0 aromatic carbocycles. The molecule has 154 valence electrons. The normalized spacial score (nSPS) is 40.7. The highest BCUT2D eigenvalue weighted by Gasteiger charge is 2.64. The summed E-state index contributed by atoms with van der Waals surface area (Å²) in [5.74, 6) is 0. The summed E-state index contributed by atoms with van der Waals surface area (Å²) < 4.78 is 17.8. The molecule has 2 saturated heterocycles. The van der Waals surface area contributed by atoms with Gasteiger partial charge in [-0.05, 0) is 44.8 Å². The first-order chi connectivity index (χ1) is 13.4. The lowest BCUT2D eigenvalue weighted by atomic mass is 9.91. The van der Waals surface area contributed by atoms with Crippen LogP contribution in [0, 0.1) is 0 Å². The standard InChI is InChI=1S/C22H31NO5/c1-4-16(24)18(27-21-8-6-17(25)14(3)26-21)12-13(2)11-15-5-7-19-22(15)20(28-22)9-10-23-19/h5,7,11-12,14,16-18,20-21,24-25H,4,6,8-10H2,1-3H3/b13-12-,15-11+/t14-,16-,17-,18-,20-,21+,22+/m0/s1. The minimum Gasteiger partial charge on any atom is -0.390 e. The van der Waals surface area contributed by atoms with Crippen LogP contribution < -0.4 is 0 Å². The van der Waals surface area contributed by atoms with Crippen molar-refractivity contribution in [3.8, 4) is 0 Å². The largest absolute Gasteiger partial charge is 0.390 e. The summed E-state index contributed by atoms with van der Waals surface area (Å²) in [5, 5.41) is 20.3. The summed E-state index contributed by atoms with van der Waals surface area (Å²) in [7, 11) is 0. The first kappa shape index (κ1) is 20.0. The Morgan fingerprint density at radius 3 is 2.96 bits per heavy atom. The van der Waals surface area contributed by atoms with E-state index in [2.05, 4.69) is 23.2 Å². The maximum atomic E-state index is 10.5. The van der Waals surface area contributed by atoms with Crippen molar-refractivity contribution >= 4 is 5.71 Å². The predicted octanol–water partition coefficient (Wildman–Crippen LogP) is 2.45. The van der Waals surface area contributed by atoms with Gasteiger partial charge in [0, 0.05) is 13.0 Å². The van der Waals surface area contributed by atoms with Crippen molar-refractivity contribution in [3.05, 3.63) is 35.5 Å². The number of aliphatic hydroxyl groups excluding tert-OH is 2. The van der Waals surface area contributed by atoms with Crippen molar-refractivity contribution in [1.29, 1.82) is 0 Å². The Labute approximate surface area is 166 Å². The van der Waals surface area contributed by atoms with Gasteiger partial charge in [0.2, 0.25) is 0 Å². The summed E-state index contributed by atoms with van der Waals surface area (Å²) in [6.45, 7) is 6.63. The highest BCUT2D eigenvalue weighted by atomic mass is 16.7. The van der Waals surface area contributed by atoms with E-state index in [-0.39, 0.29) is 17.8 Å². The van der Waals surface area contributed by atoms with Crippen molar-refractivity contribution < 1.29 is 24.4 Å². The van der Waals surface area contributed by atoms with Gasteiger partial charge in [0.15, 0.2) is 11.9 Å². The van der Waals surface area contributed by atoms with E-state index in [0.717, 1.165) is 29.8 Å². The Balaban J connectivity index is 1.48. The molecule has 0 bridgehead atoms. The molecule has 7 atom stereocenters. The Hall–Kier alpha value is -1.31. The number of hydrogen-bond acceptors (Lipinski definition) is 6. The lowest BCUT2D eigenvalue weighted by Crippen LogP contribution is -2.41. The van der Waals surface area contributed by atoms with Crippen LogP contribution in [0.25, 0.3) is 0 Å². The van der Waals surface area contributed by atoms with Crippen molar-refractivity contribution in [2.75, 3.05) is 6.54 Å². The Kier molecular flexibility index (Phi) is 5.60. The quantitative estimate of drug-likeness (QED) is 0.682. The highest BCUT2D eigenvalue weighted by molar-refractivity contribution is 6.11. The van der Waals surface area contributed by atoms with E-state index in [9.17, 15) is 10.2 Å². The van der Waals surface area contributed by atoms with Crippen LogP contribution in [-0.4, -0.2) is 64.9 Å². The molecule has 3 heterocycles. The average Bonchev–Trinajstić information content (AvgIpc) is 3.34. The van der Waals surface area contributed by atoms with E-state index in [1.54, 1.807) is 0 Å². The van der Waals surface area contributed by atoms with E-state index in [0.29, 0.717) is 19.3 Å². The number of aliphatic hydroxyl groups is 2. The Morgan fingerprint density at radius 2 is 2.21 bits per heavy atom. The van der Waals surface area contributed by atoms with E-state index in [1.807, 2.05) is 26.8 Å². The van der Waals surface area contributed by atoms with Gasteiger partial charge in [0.1, 0.15) is 12.2 Å². The average molecular weight is 389 g/mol. The number of allylic oxidation sites excluding steroid dienone is 2. The topological polar surface area (TPSA) is 83.8 Å².